The van der Waals surface area contributed by atoms with Gasteiger partial charge < -0.3 is 0 Å². The summed E-state index contributed by atoms with van der Waals surface area (Å²) in [5, 5.41) is 3.58. The molecule has 1 saturated carbocycles. The van der Waals surface area contributed by atoms with Crippen LogP contribution < -0.4 is 16.2 Å². The molecular weight excluding hydrogens is 194 g/mol. The summed E-state index contributed by atoms with van der Waals surface area (Å²) in [5.74, 6) is 1.66. The molecule has 4 unspecified atom stereocenters. The van der Waals surface area contributed by atoms with Crippen LogP contribution in [0.5, 0.6) is 0 Å². The van der Waals surface area contributed by atoms with E-state index in [9.17, 15) is 0 Å². The molecule has 4 heteroatoms. The number of rotatable bonds is 2. The van der Waals surface area contributed by atoms with Crippen molar-refractivity contribution < 1.29 is 0 Å². The van der Waals surface area contributed by atoms with Crippen molar-refractivity contribution >= 4 is 11.8 Å². The second-order valence-corrected chi connectivity index (χ2v) is 5.42. The molecule has 1 heterocycles. The first-order valence-electron chi connectivity index (χ1n) is 5.61. The van der Waals surface area contributed by atoms with Crippen molar-refractivity contribution in [3.63, 3.8) is 0 Å². The van der Waals surface area contributed by atoms with Crippen LogP contribution in [0.4, 0.5) is 0 Å². The maximum absolute atomic E-state index is 3.58. The Labute approximate surface area is 90.8 Å². The molecule has 0 aromatic heterocycles. The Morgan fingerprint density at radius 3 is 2.57 bits per heavy atom. The second kappa shape index (κ2) is 4.84. The van der Waals surface area contributed by atoms with Crippen molar-refractivity contribution in [1.29, 1.82) is 0 Å². The number of hydrogen-bond acceptors (Lipinski definition) is 4. The summed E-state index contributed by atoms with van der Waals surface area (Å²) < 4.78 is 0. The Kier molecular flexibility index (Phi) is 3.71. The highest BCUT2D eigenvalue weighted by atomic mass is 32.2. The first-order chi connectivity index (χ1) is 6.81. The molecule has 0 spiro atoms. The molecule has 2 aliphatic rings. The molecule has 82 valence electrons. The van der Waals surface area contributed by atoms with Gasteiger partial charge in [-0.15, -0.1) is 11.8 Å². The van der Waals surface area contributed by atoms with Gasteiger partial charge in [0.25, 0.3) is 0 Å². The van der Waals surface area contributed by atoms with Gasteiger partial charge in [0.2, 0.25) is 0 Å². The number of thioether (sulfide) groups is 1. The van der Waals surface area contributed by atoms with E-state index >= 15 is 0 Å². The SMILES string of the molecule is CSC1NNC(C2CCCCC2C)N1. The summed E-state index contributed by atoms with van der Waals surface area (Å²) in [6.45, 7) is 2.39. The Hall–Kier alpha value is 0.230. The first kappa shape index (κ1) is 10.7. The van der Waals surface area contributed by atoms with Crippen LogP contribution in [0.3, 0.4) is 0 Å². The molecule has 2 fully saturated rings. The van der Waals surface area contributed by atoms with Crippen molar-refractivity contribution in [3.8, 4) is 0 Å². The maximum Gasteiger partial charge on any atom is 0.119 e. The van der Waals surface area contributed by atoms with Gasteiger partial charge in [0.05, 0.1) is 6.17 Å². The third-order valence-corrected chi connectivity index (χ3v) is 4.27. The van der Waals surface area contributed by atoms with Crippen LogP contribution in [0.1, 0.15) is 32.6 Å². The predicted molar refractivity (Wildman–Crippen MR) is 61.6 cm³/mol. The minimum absolute atomic E-state index is 0.383. The highest BCUT2D eigenvalue weighted by molar-refractivity contribution is 7.99. The van der Waals surface area contributed by atoms with Crippen molar-refractivity contribution in [2.24, 2.45) is 11.8 Å². The molecule has 2 rings (SSSR count). The largest absolute Gasteiger partial charge is 0.276 e. The predicted octanol–water partition coefficient (Wildman–Crippen LogP) is 1.48. The lowest BCUT2D eigenvalue weighted by atomic mass is 9.79. The first-order valence-corrected chi connectivity index (χ1v) is 6.90. The van der Waals surface area contributed by atoms with E-state index in [4.69, 9.17) is 0 Å². The van der Waals surface area contributed by atoms with Gasteiger partial charge >= 0.3 is 0 Å². The Bertz CT molecular complexity index is 188. The van der Waals surface area contributed by atoms with Crippen LogP contribution in [-0.4, -0.2) is 17.9 Å². The van der Waals surface area contributed by atoms with E-state index in [0.717, 1.165) is 11.8 Å². The zero-order valence-electron chi connectivity index (χ0n) is 9.05. The van der Waals surface area contributed by atoms with E-state index in [1.54, 1.807) is 0 Å². The smallest absolute Gasteiger partial charge is 0.119 e. The monoisotopic (exact) mass is 215 g/mol. The molecule has 1 saturated heterocycles. The molecule has 0 radical (unpaired) electrons. The van der Waals surface area contributed by atoms with Crippen molar-refractivity contribution in [2.45, 2.75) is 44.3 Å². The lowest BCUT2D eigenvalue weighted by Gasteiger charge is -2.33. The van der Waals surface area contributed by atoms with E-state index in [-0.39, 0.29) is 0 Å². The third kappa shape index (κ3) is 2.24. The summed E-state index contributed by atoms with van der Waals surface area (Å²) in [5.41, 5.74) is 7.04. The van der Waals surface area contributed by atoms with E-state index in [0.29, 0.717) is 11.7 Å². The zero-order chi connectivity index (χ0) is 9.97. The van der Waals surface area contributed by atoms with Gasteiger partial charge in [0.1, 0.15) is 5.50 Å². The number of hydrazine groups is 1. The molecule has 1 aliphatic heterocycles. The standard InChI is InChI=1S/C10H21N3S/c1-7-5-3-4-6-8(7)9-11-10(14-2)13-12-9/h7-13H,3-6H2,1-2H3. The Balaban J connectivity index is 1.88. The zero-order valence-corrected chi connectivity index (χ0v) is 9.86. The van der Waals surface area contributed by atoms with E-state index in [1.807, 2.05) is 11.8 Å². The third-order valence-electron chi connectivity index (χ3n) is 3.54. The Morgan fingerprint density at radius 1 is 1.14 bits per heavy atom. The fourth-order valence-electron chi connectivity index (χ4n) is 2.61. The fourth-order valence-corrected chi connectivity index (χ4v) is 3.08. The summed E-state index contributed by atoms with van der Waals surface area (Å²) in [7, 11) is 0. The summed E-state index contributed by atoms with van der Waals surface area (Å²) in [4.78, 5) is 0. The summed E-state index contributed by atoms with van der Waals surface area (Å²) in [6, 6.07) is 0. The minimum atomic E-state index is 0.383. The Morgan fingerprint density at radius 2 is 1.93 bits per heavy atom. The summed E-state index contributed by atoms with van der Waals surface area (Å²) in [6.07, 6.45) is 8.19. The van der Waals surface area contributed by atoms with Crippen molar-refractivity contribution in [2.75, 3.05) is 6.26 Å². The van der Waals surface area contributed by atoms with Crippen LogP contribution >= 0.6 is 11.8 Å². The van der Waals surface area contributed by atoms with Gasteiger partial charge in [-0.3, -0.25) is 5.32 Å². The van der Waals surface area contributed by atoms with Gasteiger partial charge in [-0.1, -0.05) is 26.2 Å². The minimum Gasteiger partial charge on any atom is -0.276 e. The van der Waals surface area contributed by atoms with Crippen LogP contribution in [0.2, 0.25) is 0 Å². The van der Waals surface area contributed by atoms with Crippen molar-refractivity contribution in [1.82, 2.24) is 16.2 Å². The molecular formula is C10H21N3S. The number of hydrogen-bond donors (Lipinski definition) is 3. The van der Waals surface area contributed by atoms with Crippen LogP contribution in [0, 0.1) is 11.8 Å². The lowest BCUT2D eigenvalue weighted by molar-refractivity contribution is 0.190. The molecule has 0 aromatic rings. The number of nitrogens with one attached hydrogen (secondary N) is 3. The molecule has 3 nitrogen and oxygen atoms in total. The lowest BCUT2D eigenvalue weighted by Crippen LogP contribution is -2.44. The maximum atomic E-state index is 3.58. The molecule has 3 N–H and O–H groups in total. The van der Waals surface area contributed by atoms with E-state index in [2.05, 4.69) is 29.3 Å². The molecule has 0 amide bonds. The van der Waals surface area contributed by atoms with Gasteiger partial charge in [-0.2, -0.15) is 0 Å². The van der Waals surface area contributed by atoms with Gasteiger partial charge in [-0.05, 0) is 24.5 Å². The normalized spacial score (nSPS) is 44.1. The highest BCUT2D eigenvalue weighted by Crippen LogP contribution is 2.32. The van der Waals surface area contributed by atoms with Crippen molar-refractivity contribution in [3.05, 3.63) is 0 Å². The molecule has 0 aromatic carbocycles. The summed E-state index contributed by atoms with van der Waals surface area (Å²) >= 11 is 1.82. The fraction of sp³-hybridized carbons (Fsp3) is 1.00. The average Bonchev–Trinajstić information content (AvgIpc) is 2.67. The highest BCUT2D eigenvalue weighted by Gasteiger charge is 2.33. The van der Waals surface area contributed by atoms with E-state index in [1.165, 1.54) is 25.7 Å². The average molecular weight is 215 g/mol. The topological polar surface area (TPSA) is 36.1 Å². The van der Waals surface area contributed by atoms with E-state index < -0.39 is 0 Å². The second-order valence-electron chi connectivity index (χ2n) is 4.47. The molecule has 14 heavy (non-hydrogen) atoms. The molecule has 0 bridgehead atoms. The van der Waals surface area contributed by atoms with Crippen LogP contribution in [0.25, 0.3) is 0 Å². The van der Waals surface area contributed by atoms with Gasteiger partial charge in [0, 0.05) is 0 Å². The molecule has 1 aliphatic carbocycles. The molecule has 4 atom stereocenters. The van der Waals surface area contributed by atoms with Gasteiger partial charge in [-0.25, -0.2) is 10.9 Å². The van der Waals surface area contributed by atoms with Crippen LogP contribution in [0.15, 0.2) is 0 Å². The van der Waals surface area contributed by atoms with Gasteiger partial charge in [0.15, 0.2) is 0 Å². The van der Waals surface area contributed by atoms with Crippen LogP contribution in [-0.2, 0) is 0 Å². The quantitative estimate of drug-likeness (QED) is 0.652.